The summed E-state index contributed by atoms with van der Waals surface area (Å²) in [6.45, 7) is 1.41. The Morgan fingerprint density at radius 3 is 2.82 bits per heavy atom. The molecule has 0 saturated carbocycles. The van der Waals surface area contributed by atoms with E-state index in [4.69, 9.17) is 9.84 Å². The van der Waals surface area contributed by atoms with Gasteiger partial charge in [-0.05, 0) is 6.07 Å². The van der Waals surface area contributed by atoms with E-state index in [1.807, 2.05) is 4.90 Å². The molecule has 0 radical (unpaired) electrons. The molecule has 1 fully saturated rings. The Bertz CT molecular complexity index is 429. The molecule has 1 aliphatic heterocycles. The lowest BCUT2D eigenvalue weighted by atomic mass is 10.00. The molecule has 1 heterocycles. The van der Waals surface area contributed by atoms with Crippen LogP contribution in [-0.2, 0) is 0 Å². The summed E-state index contributed by atoms with van der Waals surface area (Å²) in [7, 11) is 1.53. The van der Waals surface area contributed by atoms with E-state index in [2.05, 4.69) is 0 Å². The molecule has 0 spiro atoms. The van der Waals surface area contributed by atoms with Gasteiger partial charge in [0.05, 0.1) is 12.0 Å². The number of nitro benzene ring substituents is 1. The second-order valence-electron chi connectivity index (χ2n) is 4.07. The van der Waals surface area contributed by atoms with Crippen molar-refractivity contribution in [2.24, 2.45) is 5.92 Å². The monoisotopic (exact) mass is 238 g/mol. The first kappa shape index (κ1) is 11.7. The van der Waals surface area contributed by atoms with Crippen LogP contribution in [0.1, 0.15) is 0 Å². The summed E-state index contributed by atoms with van der Waals surface area (Å²) in [5.74, 6) is 0.804. The van der Waals surface area contributed by atoms with Gasteiger partial charge in [0.2, 0.25) is 0 Å². The van der Waals surface area contributed by atoms with E-state index in [0.717, 1.165) is 0 Å². The molecule has 17 heavy (non-hydrogen) atoms. The minimum Gasteiger partial charge on any atom is -0.497 e. The molecule has 1 saturated heterocycles. The lowest BCUT2D eigenvalue weighted by Crippen LogP contribution is -2.48. The molecular weight excluding hydrogens is 224 g/mol. The van der Waals surface area contributed by atoms with E-state index in [1.165, 1.54) is 13.2 Å². The third-order valence-corrected chi connectivity index (χ3v) is 2.94. The van der Waals surface area contributed by atoms with Gasteiger partial charge in [-0.25, -0.2) is 0 Å². The average Bonchev–Trinajstić information content (AvgIpc) is 2.27. The first-order chi connectivity index (χ1) is 8.15. The van der Waals surface area contributed by atoms with Gasteiger partial charge in [-0.15, -0.1) is 0 Å². The highest BCUT2D eigenvalue weighted by Crippen LogP contribution is 2.35. The maximum Gasteiger partial charge on any atom is 0.292 e. The maximum atomic E-state index is 10.9. The van der Waals surface area contributed by atoms with Gasteiger partial charge < -0.3 is 14.7 Å². The third-order valence-electron chi connectivity index (χ3n) is 2.94. The van der Waals surface area contributed by atoms with E-state index in [0.29, 0.717) is 24.5 Å². The summed E-state index contributed by atoms with van der Waals surface area (Å²) < 4.78 is 5.06. The van der Waals surface area contributed by atoms with E-state index < -0.39 is 4.92 Å². The van der Waals surface area contributed by atoms with Crippen LogP contribution in [0.2, 0.25) is 0 Å². The van der Waals surface area contributed by atoms with Gasteiger partial charge in [-0.2, -0.15) is 0 Å². The number of nitrogens with zero attached hydrogens (tertiary/aromatic N) is 2. The molecule has 6 heteroatoms. The molecule has 0 aromatic heterocycles. The van der Waals surface area contributed by atoms with Crippen molar-refractivity contribution < 1.29 is 14.8 Å². The van der Waals surface area contributed by atoms with E-state index in [9.17, 15) is 10.1 Å². The molecule has 1 N–H and O–H groups in total. The highest BCUT2D eigenvalue weighted by Gasteiger charge is 2.31. The van der Waals surface area contributed by atoms with Crippen molar-refractivity contribution in [2.45, 2.75) is 0 Å². The number of aliphatic hydroxyl groups is 1. The molecule has 0 bridgehead atoms. The molecule has 0 amide bonds. The van der Waals surface area contributed by atoms with E-state index in [1.54, 1.807) is 12.1 Å². The molecule has 1 aromatic carbocycles. The Morgan fingerprint density at radius 1 is 1.59 bits per heavy atom. The Hall–Kier alpha value is -1.82. The van der Waals surface area contributed by atoms with Crippen molar-refractivity contribution in [1.29, 1.82) is 0 Å². The SMILES string of the molecule is COc1ccc([N+](=O)[O-])c(N2CC(CO)C2)c1. The van der Waals surface area contributed by atoms with Crippen LogP contribution < -0.4 is 9.64 Å². The topological polar surface area (TPSA) is 75.8 Å². The van der Waals surface area contributed by atoms with Crippen molar-refractivity contribution in [3.63, 3.8) is 0 Å². The smallest absolute Gasteiger partial charge is 0.292 e. The van der Waals surface area contributed by atoms with Crippen molar-refractivity contribution >= 4 is 11.4 Å². The summed E-state index contributed by atoms with van der Waals surface area (Å²) in [5, 5.41) is 19.9. The average molecular weight is 238 g/mol. The van der Waals surface area contributed by atoms with Gasteiger partial charge >= 0.3 is 0 Å². The van der Waals surface area contributed by atoms with Gasteiger partial charge in [0.15, 0.2) is 0 Å². The van der Waals surface area contributed by atoms with Crippen LogP contribution in [-0.4, -0.2) is 36.8 Å². The first-order valence-corrected chi connectivity index (χ1v) is 5.34. The fraction of sp³-hybridized carbons (Fsp3) is 0.455. The molecule has 0 atom stereocenters. The van der Waals surface area contributed by atoms with Crippen LogP contribution in [0.25, 0.3) is 0 Å². The summed E-state index contributed by atoms with van der Waals surface area (Å²) >= 11 is 0. The summed E-state index contributed by atoms with van der Waals surface area (Å²) in [4.78, 5) is 12.4. The number of benzene rings is 1. The quantitative estimate of drug-likeness (QED) is 0.626. The molecular formula is C11H14N2O4. The highest BCUT2D eigenvalue weighted by atomic mass is 16.6. The van der Waals surface area contributed by atoms with Crippen molar-refractivity contribution in [2.75, 3.05) is 31.7 Å². The molecule has 0 unspecified atom stereocenters. The Morgan fingerprint density at radius 2 is 2.29 bits per heavy atom. The largest absolute Gasteiger partial charge is 0.497 e. The molecule has 6 nitrogen and oxygen atoms in total. The predicted octanol–water partition coefficient (Wildman–Crippen LogP) is 1.03. The second-order valence-corrected chi connectivity index (χ2v) is 4.07. The number of nitro groups is 1. The zero-order valence-corrected chi connectivity index (χ0v) is 9.50. The maximum absolute atomic E-state index is 10.9. The molecule has 1 aliphatic rings. The number of methoxy groups -OCH3 is 1. The fourth-order valence-corrected chi connectivity index (χ4v) is 1.92. The van der Waals surface area contributed by atoms with Crippen LogP contribution in [0, 0.1) is 16.0 Å². The van der Waals surface area contributed by atoms with Crippen LogP contribution in [0.3, 0.4) is 0 Å². The van der Waals surface area contributed by atoms with Gasteiger partial charge in [0, 0.05) is 37.7 Å². The van der Waals surface area contributed by atoms with Gasteiger partial charge in [0.25, 0.3) is 5.69 Å². The molecule has 92 valence electrons. The standard InChI is InChI=1S/C11H14N2O4/c1-17-9-2-3-10(13(15)16)11(4-9)12-5-8(6-12)7-14/h2-4,8,14H,5-7H2,1H3. The van der Waals surface area contributed by atoms with Crippen LogP contribution >= 0.6 is 0 Å². The third kappa shape index (κ3) is 2.16. The predicted molar refractivity (Wildman–Crippen MR) is 62.4 cm³/mol. The Labute approximate surface area is 98.6 Å². The van der Waals surface area contributed by atoms with Gasteiger partial charge in [0.1, 0.15) is 11.4 Å². The number of hydrogen-bond acceptors (Lipinski definition) is 5. The van der Waals surface area contributed by atoms with Gasteiger partial charge in [-0.1, -0.05) is 0 Å². The number of anilines is 1. The molecule has 2 rings (SSSR count). The Balaban J connectivity index is 2.27. The fourth-order valence-electron chi connectivity index (χ4n) is 1.92. The molecule has 1 aromatic rings. The lowest BCUT2D eigenvalue weighted by molar-refractivity contribution is -0.384. The minimum absolute atomic E-state index is 0.0715. The number of ether oxygens (including phenoxy) is 1. The number of aliphatic hydroxyl groups excluding tert-OH is 1. The van der Waals surface area contributed by atoms with E-state index >= 15 is 0 Å². The van der Waals surface area contributed by atoms with Gasteiger partial charge in [-0.3, -0.25) is 10.1 Å². The summed E-state index contributed by atoms with van der Waals surface area (Å²) in [6, 6.07) is 4.68. The minimum atomic E-state index is -0.402. The summed E-state index contributed by atoms with van der Waals surface area (Å²) in [5.41, 5.74) is 0.626. The van der Waals surface area contributed by atoms with Crippen LogP contribution in [0.4, 0.5) is 11.4 Å². The number of rotatable bonds is 4. The van der Waals surface area contributed by atoms with Crippen molar-refractivity contribution in [1.82, 2.24) is 0 Å². The zero-order valence-electron chi connectivity index (χ0n) is 9.50. The highest BCUT2D eigenvalue weighted by molar-refractivity contribution is 5.67. The summed E-state index contributed by atoms with van der Waals surface area (Å²) in [6.07, 6.45) is 0. The zero-order chi connectivity index (χ0) is 12.4. The van der Waals surface area contributed by atoms with E-state index in [-0.39, 0.29) is 18.2 Å². The normalized spacial score (nSPS) is 15.5. The number of hydrogen-bond donors (Lipinski definition) is 1. The van der Waals surface area contributed by atoms with Crippen LogP contribution in [0.5, 0.6) is 5.75 Å². The Kier molecular flexibility index (Phi) is 3.14. The molecule has 0 aliphatic carbocycles. The van der Waals surface area contributed by atoms with Crippen LogP contribution in [0.15, 0.2) is 18.2 Å². The second kappa shape index (κ2) is 4.58. The van der Waals surface area contributed by atoms with Crippen molar-refractivity contribution in [3.05, 3.63) is 28.3 Å². The van der Waals surface area contributed by atoms with Crippen molar-refractivity contribution in [3.8, 4) is 5.75 Å². The lowest BCUT2D eigenvalue weighted by Gasteiger charge is -2.39. The first-order valence-electron chi connectivity index (χ1n) is 5.34.